The van der Waals surface area contributed by atoms with Gasteiger partial charge in [0.2, 0.25) is 0 Å². The van der Waals surface area contributed by atoms with Crippen molar-refractivity contribution >= 4 is 63.7 Å². The van der Waals surface area contributed by atoms with E-state index in [1.165, 1.54) is 113 Å². The molecule has 0 fully saturated rings. The maximum absolute atomic E-state index is 6.00. The fraction of sp³-hybridized carbons (Fsp3) is 0.224. The highest BCUT2D eigenvalue weighted by Crippen LogP contribution is 2.53. The van der Waals surface area contributed by atoms with Gasteiger partial charge < -0.3 is 0 Å². The van der Waals surface area contributed by atoms with Crippen LogP contribution >= 0.6 is 22.7 Å². The van der Waals surface area contributed by atoms with E-state index in [9.17, 15) is 0 Å². The molecule has 7 aromatic carbocycles. The normalized spacial score (nSPS) is 12.5. The fourth-order valence-electron chi connectivity index (χ4n) is 11.0. The minimum absolute atomic E-state index is 0.00942. The van der Waals surface area contributed by atoms with Gasteiger partial charge in [0.25, 0.3) is 0 Å². The first-order valence-electron chi connectivity index (χ1n) is 25.1. The number of rotatable bonds is 7. The lowest BCUT2D eigenvalue weighted by atomic mass is 9.81. The fourth-order valence-corrected chi connectivity index (χ4v) is 13.6. The number of aromatic nitrogens is 2. The van der Waals surface area contributed by atoms with Crippen LogP contribution in [0.2, 0.25) is 0 Å². The van der Waals surface area contributed by atoms with Crippen LogP contribution in [0.1, 0.15) is 99.5 Å². The SMILES string of the molecule is Cc1cccc(C)c1-c1cc(C)c(-c2cc(-c3ccccc3)nc(C(C)(C)c3cc4c(sc5ccc(C(C)(C)C)cc54)c(-c4cc5ccccc5c5c(-c6ccccc6)c(C(C)(C)C)sc45)n3)c2)c(C)c1. The molecule has 0 aliphatic rings. The summed E-state index contributed by atoms with van der Waals surface area (Å²) >= 11 is 3.82. The summed E-state index contributed by atoms with van der Waals surface area (Å²) in [5, 5.41) is 6.33. The number of hydrogen-bond donors (Lipinski definition) is 0. The molecule has 0 amide bonds. The Kier molecular flexibility index (Phi) is 11.3. The Hall–Kier alpha value is -6.72. The molecular formula is C67H62N2S2. The maximum Gasteiger partial charge on any atom is 0.0898 e. The molecule has 4 heterocycles. The zero-order valence-electron chi connectivity index (χ0n) is 43.2. The van der Waals surface area contributed by atoms with Crippen LogP contribution in [0.3, 0.4) is 0 Å². The van der Waals surface area contributed by atoms with E-state index in [1.807, 2.05) is 22.7 Å². The van der Waals surface area contributed by atoms with Crippen LogP contribution < -0.4 is 0 Å². The summed E-state index contributed by atoms with van der Waals surface area (Å²) in [7, 11) is 0. The number of nitrogens with zero attached hydrogens (tertiary/aromatic N) is 2. The van der Waals surface area contributed by atoms with Crippen molar-refractivity contribution in [3.8, 4) is 55.9 Å². The van der Waals surface area contributed by atoms with Gasteiger partial charge in [0.15, 0.2) is 0 Å². The van der Waals surface area contributed by atoms with Gasteiger partial charge in [-0.25, -0.2) is 0 Å². The summed E-state index contributed by atoms with van der Waals surface area (Å²) in [6, 6.07) is 58.6. The average Bonchev–Trinajstić information content (AvgIpc) is 3.94. The first-order chi connectivity index (χ1) is 33.9. The van der Waals surface area contributed by atoms with E-state index in [1.54, 1.807) is 0 Å². The summed E-state index contributed by atoms with van der Waals surface area (Å²) in [6.45, 7) is 27.7. The largest absolute Gasteiger partial charge is 0.252 e. The second-order valence-corrected chi connectivity index (χ2v) is 24.5. The van der Waals surface area contributed by atoms with Crippen LogP contribution in [0.5, 0.6) is 0 Å². The highest BCUT2D eigenvalue weighted by molar-refractivity contribution is 7.26. The van der Waals surface area contributed by atoms with Gasteiger partial charge in [0.05, 0.1) is 27.5 Å². The van der Waals surface area contributed by atoms with Crippen LogP contribution in [0.25, 0.3) is 96.9 Å². The molecule has 0 aliphatic heterocycles. The maximum atomic E-state index is 6.00. The Labute approximate surface area is 428 Å². The molecule has 0 bridgehead atoms. The van der Waals surface area contributed by atoms with Crippen molar-refractivity contribution in [2.45, 2.75) is 99.3 Å². The molecule has 0 atom stereocenters. The third kappa shape index (κ3) is 8.10. The van der Waals surface area contributed by atoms with Gasteiger partial charge in [-0.2, -0.15) is 0 Å². The number of benzene rings is 7. The Morgan fingerprint density at radius 1 is 0.408 bits per heavy atom. The molecule has 0 aliphatic carbocycles. The smallest absolute Gasteiger partial charge is 0.0898 e. The second kappa shape index (κ2) is 17.3. The van der Waals surface area contributed by atoms with Gasteiger partial charge in [-0.15, -0.1) is 22.7 Å². The first kappa shape index (κ1) is 46.7. The number of hydrogen-bond acceptors (Lipinski definition) is 4. The molecule has 0 saturated carbocycles. The first-order valence-corrected chi connectivity index (χ1v) is 26.7. The standard InChI is InChI=1S/C67H62N2S2/c1-39-22-21-23-40(2)57(39)46-32-41(3)58(42(4)33-46)47-35-53(43-24-15-13-16-25-43)68-55(36-47)67(11,12)56-38-51-50-37-48(65(5,6)7)30-31-54(50)70-63(51)61(69-56)52-34-45-28-19-20-29-49(45)60-59(44-26-17-14-18-27-44)64(66(8,9)10)71-62(52)60/h13-38H,1-12H3. The van der Waals surface area contributed by atoms with Crippen molar-refractivity contribution in [3.63, 3.8) is 0 Å². The van der Waals surface area contributed by atoms with E-state index in [-0.39, 0.29) is 10.8 Å². The van der Waals surface area contributed by atoms with Crippen molar-refractivity contribution in [2.75, 3.05) is 0 Å². The van der Waals surface area contributed by atoms with Crippen LogP contribution in [-0.2, 0) is 16.2 Å². The molecule has 71 heavy (non-hydrogen) atoms. The highest BCUT2D eigenvalue weighted by Gasteiger charge is 2.33. The van der Waals surface area contributed by atoms with E-state index >= 15 is 0 Å². The molecule has 352 valence electrons. The minimum Gasteiger partial charge on any atom is -0.252 e. The summed E-state index contributed by atoms with van der Waals surface area (Å²) in [6.07, 6.45) is 0. The highest BCUT2D eigenvalue weighted by atomic mass is 32.1. The molecule has 0 radical (unpaired) electrons. The lowest BCUT2D eigenvalue weighted by molar-refractivity contribution is 0.591. The van der Waals surface area contributed by atoms with Gasteiger partial charge in [-0.3, -0.25) is 9.97 Å². The summed E-state index contributed by atoms with van der Waals surface area (Å²) in [5.74, 6) is 0. The van der Waals surface area contributed by atoms with Crippen LogP contribution in [0.15, 0.2) is 158 Å². The third-order valence-corrected chi connectivity index (χ3v) is 17.6. The van der Waals surface area contributed by atoms with Gasteiger partial charge in [-0.1, -0.05) is 163 Å². The predicted molar refractivity (Wildman–Crippen MR) is 310 cm³/mol. The van der Waals surface area contributed by atoms with E-state index in [0.717, 1.165) is 28.3 Å². The molecule has 4 aromatic heterocycles. The molecule has 0 N–H and O–H groups in total. The molecule has 0 saturated heterocycles. The van der Waals surface area contributed by atoms with Crippen LogP contribution in [-0.4, -0.2) is 9.97 Å². The Bertz CT molecular complexity index is 3850. The van der Waals surface area contributed by atoms with Crippen molar-refractivity contribution in [3.05, 3.63) is 202 Å². The molecule has 0 unspecified atom stereocenters. The molecule has 0 spiro atoms. The van der Waals surface area contributed by atoms with E-state index in [0.29, 0.717) is 0 Å². The van der Waals surface area contributed by atoms with Gasteiger partial charge in [0, 0.05) is 52.5 Å². The van der Waals surface area contributed by atoms with E-state index < -0.39 is 5.41 Å². The van der Waals surface area contributed by atoms with Crippen molar-refractivity contribution in [1.29, 1.82) is 0 Å². The second-order valence-electron chi connectivity index (χ2n) is 22.4. The van der Waals surface area contributed by atoms with Crippen molar-refractivity contribution < 1.29 is 0 Å². The summed E-state index contributed by atoms with van der Waals surface area (Å²) in [5.41, 5.74) is 19.5. The molecule has 2 nitrogen and oxygen atoms in total. The lowest BCUT2D eigenvalue weighted by Crippen LogP contribution is -2.23. The van der Waals surface area contributed by atoms with Gasteiger partial charge >= 0.3 is 0 Å². The van der Waals surface area contributed by atoms with Crippen molar-refractivity contribution in [1.82, 2.24) is 9.97 Å². The zero-order chi connectivity index (χ0) is 49.7. The predicted octanol–water partition coefficient (Wildman–Crippen LogP) is 19.7. The molecule has 11 rings (SSSR count). The minimum atomic E-state index is -0.616. The van der Waals surface area contributed by atoms with Crippen LogP contribution in [0, 0.1) is 27.7 Å². The Morgan fingerprint density at radius 2 is 1.01 bits per heavy atom. The summed E-state index contributed by atoms with van der Waals surface area (Å²) < 4.78 is 3.78. The average molecular weight is 959 g/mol. The third-order valence-electron chi connectivity index (χ3n) is 14.8. The number of pyridine rings is 2. The Balaban J connectivity index is 1.20. The van der Waals surface area contributed by atoms with Crippen molar-refractivity contribution in [2.24, 2.45) is 0 Å². The molecular weight excluding hydrogens is 897 g/mol. The van der Waals surface area contributed by atoms with E-state index in [2.05, 4.69) is 241 Å². The number of aryl methyl sites for hydroxylation is 4. The number of fused-ring (bicyclic) bond motifs is 6. The monoisotopic (exact) mass is 958 g/mol. The van der Waals surface area contributed by atoms with Gasteiger partial charge in [0.1, 0.15) is 0 Å². The zero-order valence-corrected chi connectivity index (χ0v) is 44.9. The topological polar surface area (TPSA) is 25.8 Å². The van der Waals surface area contributed by atoms with E-state index in [4.69, 9.17) is 9.97 Å². The number of thiophene rings is 2. The molecule has 4 heteroatoms. The Morgan fingerprint density at radius 3 is 1.68 bits per heavy atom. The summed E-state index contributed by atoms with van der Waals surface area (Å²) in [4.78, 5) is 13.0. The van der Waals surface area contributed by atoms with Gasteiger partial charge in [-0.05, 0) is 155 Å². The lowest BCUT2D eigenvalue weighted by Gasteiger charge is -2.27. The molecule has 11 aromatic rings. The van der Waals surface area contributed by atoms with Crippen LogP contribution in [0.4, 0.5) is 0 Å². The quantitative estimate of drug-likeness (QED) is 0.159.